The van der Waals surface area contributed by atoms with E-state index in [1.165, 1.54) is 0 Å². The summed E-state index contributed by atoms with van der Waals surface area (Å²) >= 11 is 0. The van der Waals surface area contributed by atoms with E-state index in [9.17, 15) is 5.11 Å². The zero-order chi connectivity index (χ0) is 13.8. The van der Waals surface area contributed by atoms with E-state index in [4.69, 9.17) is 9.47 Å². The van der Waals surface area contributed by atoms with Crippen LogP contribution in [0.2, 0.25) is 0 Å². The molecule has 0 saturated carbocycles. The molecular weight excluding hydrogens is 242 g/mol. The molecule has 2 unspecified atom stereocenters. The summed E-state index contributed by atoms with van der Waals surface area (Å²) in [7, 11) is 1.66. The molecule has 0 radical (unpaired) electrons. The van der Waals surface area contributed by atoms with Crippen LogP contribution in [0.4, 0.5) is 0 Å². The van der Waals surface area contributed by atoms with Gasteiger partial charge in [0.25, 0.3) is 0 Å². The van der Waals surface area contributed by atoms with Gasteiger partial charge >= 0.3 is 0 Å². The third-order valence-electron chi connectivity index (χ3n) is 3.60. The van der Waals surface area contributed by atoms with Crippen LogP contribution in [0.5, 0.6) is 11.5 Å². The lowest BCUT2D eigenvalue weighted by Crippen LogP contribution is -2.35. The van der Waals surface area contributed by atoms with Gasteiger partial charge in [0.1, 0.15) is 11.5 Å². The van der Waals surface area contributed by atoms with Crippen LogP contribution in [0.25, 0.3) is 0 Å². The standard InChI is InChI=1S/C15H23NO3/c1-10(2)14(17)9-16-13-6-7-19-15-5-4-11(18-3)8-12(13)15/h4-5,8,10,13-14,16-17H,6-7,9H2,1-3H3. The van der Waals surface area contributed by atoms with Crippen LogP contribution in [0.1, 0.15) is 31.9 Å². The summed E-state index contributed by atoms with van der Waals surface area (Å²) < 4.78 is 10.9. The lowest BCUT2D eigenvalue weighted by atomic mass is 9.99. The fourth-order valence-corrected chi connectivity index (χ4v) is 2.21. The molecule has 0 amide bonds. The lowest BCUT2D eigenvalue weighted by Gasteiger charge is -2.28. The Morgan fingerprint density at radius 2 is 2.26 bits per heavy atom. The van der Waals surface area contributed by atoms with Gasteiger partial charge in [-0.25, -0.2) is 0 Å². The molecule has 1 aliphatic heterocycles. The van der Waals surface area contributed by atoms with Gasteiger partial charge in [-0.15, -0.1) is 0 Å². The highest BCUT2D eigenvalue weighted by atomic mass is 16.5. The molecule has 4 heteroatoms. The summed E-state index contributed by atoms with van der Waals surface area (Å²) in [5.74, 6) is 2.00. The maximum absolute atomic E-state index is 9.89. The van der Waals surface area contributed by atoms with Gasteiger partial charge in [-0.2, -0.15) is 0 Å². The van der Waals surface area contributed by atoms with Gasteiger partial charge in [-0.05, 0) is 24.1 Å². The summed E-state index contributed by atoms with van der Waals surface area (Å²) in [4.78, 5) is 0. The first kappa shape index (κ1) is 14.2. The second kappa shape index (κ2) is 6.26. The zero-order valence-corrected chi connectivity index (χ0v) is 11.8. The van der Waals surface area contributed by atoms with Gasteiger partial charge in [-0.3, -0.25) is 0 Å². The quantitative estimate of drug-likeness (QED) is 0.856. The van der Waals surface area contributed by atoms with Crippen molar-refractivity contribution in [3.05, 3.63) is 23.8 Å². The van der Waals surface area contributed by atoms with Gasteiger partial charge in [-0.1, -0.05) is 13.8 Å². The Morgan fingerprint density at radius 3 is 2.95 bits per heavy atom. The summed E-state index contributed by atoms with van der Waals surface area (Å²) in [6, 6.07) is 6.08. The maximum atomic E-state index is 9.89. The molecule has 19 heavy (non-hydrogen) atoms. The molecule has 2 rings (SSSR count). The summed E-state index contributed by atoms with van der Waals surface area (Å²) in [5, 5.41) is 13.3. The minimum atomic E-state index is -0.322. The van der Waals surface area contributed by atoms with Crippen molar-refractivity contribution in [2.45, 2.75) is 32.4 Å². The second-order valence-electron chi connectivity index (χ2n) is 5.31. The minimum absolute atomic E-state index is 0.215. The van der Waals surface area contributed by atoms with E-state index < -0.39 is 0 Å². The average molecular weight is 265 g/mol. The number of methoxy groups -OCH3 is 1. The van der Waals surface area contributed by atoms with Crippen LogP contribution < -0.4 is 14.8 Å². The van der Waals surface area contributed by atoms with Crippen molar-refractivity contribution in [3.8, 4) is 11.5 Å². The number of aliphatic hydroxyl groups is 1. The summed E-state index contributed by atoms with van der Waals surface area (Å²) in [6.07, 6.45) is 0.585. The number of ether oxygens (including phenoxy) is 2. The Bertz CT molecular complexity index is 420. The minimum Gasteiger partial charge on any atom is -0.497 e. The van der Waals surface area contributed by atoms with Gasteiger partial charge in [0.2, 0.25) is 0 Å². The van der Waals surface area contributed by atoms with E-state index in [1.807, 2.05) is 32.0 Å². The van der Waals surface area contributed by atoms with E-state index in [1.54, 1.807) is 7.11 Å². The molecule has 1 aliphatic rings. The lowest BCUT2D eigenvalue weighted by molar-refractivity contribution is 0.116. The van der Waals surface area contributed by atoms with E-state index in [2.05, 4.69) is 5.32 Å². The van der Waals surface area contributed by atoms with Crippen molar-refractivity contribution < 1.29 is 14.6 Å². The summed E-state index contributed by atoms with van der Waals surface area (Å²) in [6.45, 7) is 5.34. The van der Waals surface area contributed by atoms with E-state index in [0.717, 1.165) is 23.5 Å². The third-order valence-corrected chi connectivity index (χ3v) is 3.60. The monoisotopic (exact) mass is 265 g/mol. The molecule has 0 bridgehead atoms. The van der Waals surface area contributed by atoms with Crippen molar-refractivity contribution >= 4 is 0 Å². The fraction of sp³-hybridized carbons (Fsp3) is 0.600. The van der Waals surface area contributed by atoms with Crippen LogP contribution >= 0.6 is 0 Å². The molecule has 4 nitrogen and oxygen atoms in total. The van der Waals surface area contributed by atoms with Crippen molar-refractivity contribution in [2.24, 2.45) is 5.92 Å². The van der Waals surface area contributed by atoms with Crippen LogP contribution in [-0.2, 0) is 0 Å². The van der Waals surface area contributed by atoms with Crippen molar-refractivity contribution in [2.75, 3.05) is 20.3 Å². The first-order chi connectivity index (χ1) is 9.11. The number of hydrogen-bond donors (Lipinski definition) is 2. The molecule has 0 spiro atoms. The molecule has 0 fully saturated rings. The Labute approximate surface area is 114 Å². The molecule has 2 N–H and O–H groups in total. The van der Waals surface area contributed by atoms with Crippen molar-refractivity contribution in [1.82, 2.24) is 5.32 Å². The SMILES string of the molecule is COc1ccc2c(c1)C(NCC(O)C(C)C)CCO2. The van der Waals surface area contributed by atoms with E-state index in [0.29, 0.717) is 13.2 Å². The number of aliphatic hydroxyl groups excluding tert-OH is 1. The van der Waals surface area contributed by atoms with Crippen LogP contribution in [0, 0.1) is 5.92 Å². The van der Waals surface area contributed by atoms with E-state index in [-0.39, 0.29) is 18.1 Å². The molecule has 0 aliphatic carbocycles. The van der Waals surface area contributed by atoms with Gasteiger partial charge in [0.15, 0.2) is 0 Å². The highest BCUT2D eigenvalue weighted by Gasteiger charge is 2.22. The van der Waals surface area contributed by atoms with Gasteiger partial charge in [0.05, 0.1) is 19.8 Å². The Balaban J connectivity index is 2.08. The molecule has 1 aromatic rings. The van der Waals surface area contributed by atoms with Gasteiger partial charge < -0.3 is 19.9 Å². The molecule has 1 heterocycles. The predicted octanol–water partition coefficient (Wildman–Crippen LogP) is 2.13. The molecular formula is C15H23NO3. The Hall–Kier alpha value is -1.26. The predicted molar refractivity (Wildman–Crippen MR) is 74.7 cm³/mol. The van der Waals surface area contributed by atoms with Crippen molar-refractivity contribution in [1.29, 1.82) is 0 Å². The normalized spacial score (nSPS) is 19.7. The maximum Gasteiger partial charge on any atom is 0.124 e. The summed E-state index contributed by atoms with van der Waals surface area (Å²) in [5.41, 5.74) is 1.11. The van der Waals surface area contributed by atoms with E-state index >= 15 is 0 Å². The number of nitrogens with one attached hydrogen (secondary N) is 1. The first-order valence-electron chi connectivity index (χ1n) is 6.84. The average Bonchev–Trinajstić information content (AvgIpc) is 2.43. The zero-order valence-electron chi connectivity index (χ0n) is 11.8. The molecule has 1 aromatic carbocycles. The highest BCUT2D eigenvalue weighted by Crippen LogP contribution is 2.34. The molecule has 2 atom stereocenters. The topological polar surface area (TPSA) is 50.7 Å². The fourth-order valence-electron chi connectivity index (χ4n) is 2.21. The molecule has 0 saturated heterocycles. The number of benzene rings is 1. The van der Waals surface area contributed by atoms with Crippen LogP contribution in [0.3, 0.4) is 0 Å². The second-order valence-corrected chi connectivity index (χ2v) is 5.31. The number of rotatable bonds is 5. The number of hydrogen-bond acceptors (Lipinski definition) is 4. The molecule has 106 valence electrons. The van der Waals surface area contributed by atoms with Crippen LogP contribution in [-0.4, -0.2) is 31.5 Å². The first-order valence-corrected chi connectivity index (χ1v) is 6.84. The van der Waals surface area contributed by atoms with Gasteiger partial charge in [0, 0.05) is 24.6 Å². The van der Waals surface area contributed by atoms with Crippen LogP contribution in [0.15, 0.2) is 18.2 Å². The smallest absolute Gasteiger partial charge is 0.124 e. The third kappa shape index (κ3) is 3.39. The largest absolute Gasteiger partial charge is 0.497 e. The molecule has 0 aromatic heterocycles. The Kier molecular flexibility index (Phi) is 4.66. The Morgan fingerprint density at radius 1 is 1.47 bits per heavy atom. The van der Waals surface area contributed by atoms with Crippen molar-refractivity contribution in [3.63, 3.8) is 0 Å². The number of fused-ring (bicyclic) bond motifs is 1. The highest BCUT2D eigenvalue weighted by molar-refractivity contribution is 5.43.